The van der Waals surface area contributed by atoms with E-state index in [4.69, 9.17) is 16.0 Å². The first-order valence-corrected chi connectivity index (χ1v) is 9.30. The standard InChI is InChI=1S/C17H18ClN5O2S/c1-10(2)23-14(7-8-19-23)20-15(24)11(3)26-17-22-21-16(25-17)12-5-4-6-13(18)9-12/h4-11H,1-3H3,(H,20,24). The smallest absolute Gasteiger partial charge is 0.277 e. The van der Waals surface area contributed by atoms with Crippen LogP contribution in [-0.2, 0) is 4.79 Å². The van der Waals surface area contributed by atoms with Gasteiger partial charge in [0.15, 0.2) is 0 Å². The third-order valence-electron chi connectivity index (χ3n) is 3.54. The number of halogens is 1. The van der Waals surface area contributed by atoms with Crippen molar-refractivity contribution in [2.75, 3.05) is 5.32 Å². The van der Waals surface area contributed by atoms with Crippen molar-refractivity contribution in [2.24, 2.45) is 0 Å². The van der Waals surface area contributed by atoms with E-state index in [0.717, 1.165) is 5.56 Å². The molecule has 2 aromatic heterocycles. The normalized spacial score (nSPS) is 12.3. The minimum Gasteiger partial charge on any atom is -0.411 e. The number of rotatable bonds is 6. The Morgan fingerprint density at radius 3 is 2.81 bits per heavy atom. The molecule has 1 aromatic carbocycles. The van der Waals surface area contributed by atoms with E-state index in [-0.39, 0.29) is 11.9 Å². The van der Waals surface area contributed by atoms with Crippen LogP contribution in [0.5, 0.6) is 0 Å². The van der Waals surface area contributed by atoms with E-state index in [1.54, 1.807) is 36.0 Å². The van der Waals surface area contributed by atoms with E-state index in [0.29, 0.717) is 22.0 Å². The lowest BCUT2D eigenvalue weighted by molar-refractivity contribution is -0.115. The number of hydrogen-bond acceptors (Lipinski definition) is 6. The van der Waals surface area contributed by atoms with Crippen LogP contribution in [-0.4, -0.2) is 31.1 Å². The Bertz CT molecular complexity index is 908. The molecule has 0 aliphatic carbocycles. The van der Waals surface area contributed by atoms with Crippen LogP contribution in [0.15, 0.2) is 46.2 Å². The Hall–Kier alpha value is -2.32. The second-order valence-corrected chi connectivity index (χ2v) is 7.62. The molecule has 3 rings (SSSR count). The van der Waals surface area contributed by atoms with Crippen LogP contribution in [0.3, 0.4) is 0 Å². The summed E-state index contributed by atoms with van der Waals surface area (Å²) in [6.45, 7) is 5.77. The molecule has 0 saturated heterocycles. The van der Waals surface area contributed by atoms with Crippen molar-refractivity contribution < 1.29 is 9.21 Å². The average Bonchev–Trinajstić information content (AvgIpc) is 3.24. The molecule has 2 heterocycles. The highest BCUT2D eigenvalue weighted by molar-refractivity contribution is 8.00. The molecule has 1 atom stereocenters. The Morgan fingerprint density at radius 2 is 2.08 bits per heavy atom. The number of hydrogen-bond donors (Lipinski definition) is 1. The molecule has 7 nitrogen and oxygen atoms in total. The Kier molecular flexibility index (Phi) is 5.63. The van der Waals surface area contributed by atoms with Crippen LogP contribution in [0.1, 0.15) is 26.8 Å². The zero-order valence-corrected chi connectivity index (χ0v) is 16.1. The van der Waals surface area contributed by atoms with E-state index in [1.165, 1.54) is 11.8 Å². The molecule has 0 fully saturated rings. The number of thioether (sulfide) groups is 1. The summed E-state index contributed by atoms with van der Waals surface area (Å²) < 4.78 is 7.38. The molecule has 0 spiro atoms. The molecule has 0 aliphatic rings. The third kappa shape index (κ3) is 4.25. The van der Waals surface area contributed by atoms with Gasteiger partial charge in [-0.2, -0.15) is 5.10 Å². The Morgan fingerprint density at radius 1 is 1.27 bits per heavy atom. The molecule has 1 unspecified atom stereocenters. The molecule has 0 bridgehead atoms. The predicted octanol–water partition coefficient (Wildman–Crippen LogP) is 4.29. The van der Waals surface area contributed by atoms with Crippen molar-refractivity contribution in [3.63, 3.8) is 0 Å². The average molecular weight is 392 g/mol. The number of nitrogens with one attached hydrogen (secondary N) is 1. The maximum atomic E-state index is 12.4. The van der Waals surface area contributed by atoms with Gasteiger partial charge in [-0.15, -0.1) is 10.2 Å². The SMILES string of the molecule is CC(Sc1nnc(-c2cccc(Cl)c2)o1)C(=O)Nc1ccnn1C(C)C. The van der Waals surface area contributed by atoms with E-state index < -0.39 is 5.25 Å². The van der Waals surface area contributed by atoms with Crippen LogP contribution in [0.2, 0.25) is 5.02 Å². The van der Waals surface area contributed by atoms with Gasteiger partial charge in [-0.1, -0.05) is 29.4 Å². The van der Waals surface area contributed by atoms with Gasteiger partial charge in [-0.3, -0.25) is 4.79 Å². The number of amides is 1. The van der Waals surface area contributed by atoms with E-state index >= 15 is 0 Å². The first-order chi connectivity index (χ1) is 12.4. The lowest BCUT2D eigenvalue weighted by atomic mass is 10.2. The van der Waals surface area contributed by atoms with Crippen molar-refractivity contribution in [1.29, 1.82) is 0 Å². The highest BCUT2D eigenvalue weighted by Gasteiger charge is 2.20. The van der Waals surface area contributed by atoms with Crippen LogP contribution in [0.4, 0.5) is 5.82 Å². The third-order valence-corrected chi connectivity index (χ3v) is 4.70. The summed E-state index contributed by atoms with van der Waals surface area (Å²) in [7, 11) is 0. The molecule has 0 radical (unpaired) electrons. The van der Waals surface area contributed by atoms with Gasteiger partial charge in [0.25, 0.3) is 5.22 Å². The van der Waals surface area contributed by atoms with Gasteiger partial charge >= 0.3 is 0 Å². The summed E-state index contributed by atoms with van der Waals surface area (Å²) >= 11 is 7.17. The monoisotopic (exact) mass is 391 g/mol. The molecular weight excluding hydrogens is 374 g/mol. The number of anilines is 1. The molecule has 26 heavy (non-hydrogen) atoms. The van der Waals surface area contributed by atoms with Gasteiger partial charge in [-0.05, 0) is 39.0 Å². The molecule has 3 aromatic rings. The van der Waals surface area contributed by atoms with E-state index in [9.17, 15) is 4.79 Å². The second-order valence-electron chi connectivity index (χ2n) is 5.89. The van der Waals surface area contributed by atoms with E-state index in [1.807, 2.05) is 26.0 Å². The molecule has 136 valence electrons. The van der Waals surface area contributed by atoms with Gasteiger partial charge in [0.05, 0.1) is 11.4 Å². The van der Waals surface area contributed by atoms with Crippen molar-refractivity contribution in [2.45, 2.75) is 37.3 Å². The quantitative estimate of drug-likeness (QED) is 0.631. The van der Waals surface area contributed by atoms with Gasteiger partial charge in [-0.25, -0.2) is 4.68 Å². The summed E-state index contributed by atoms with van der Waals surface area (Å²) in [5, 5.41) is 15.6. The number of benzene rings is 1. The number of carbonyl (C=O) groups is 1. The minimum atomic E-state index is -0.418. The number of carbonyl (C=O) groups excluding carboxylic acids is 1. The minimum absolute atomic E-state index is 0.152. The molecule has 0 aliphatic heterocycles. The molecular formula is C17H18ClN5O2S. The Balaban J connectivity index is 1.65. The van der Waals surface area contributed by atoms with Crippen LogP contribution in [0.25, 0.3) is 11.5 Å². The Labute approximate surface area is 160 Å². The van der Waals surface area contributed by atoms with Gasteiger partial charge in [0.2, 0.25) is 11.8 Å². The van der Waals surface area contributed by atoms with Gasteiger partial charge < -0.3 is 9.73 Å². The fourth-order valence-corrected chi connectivity index (χ4v) is 3.13. The lowest BCUT2D eigenvalue weighted by Gasteiger charge is -2.13. The molecule has 0 saturated carbocycles. The van der Waals surface area contributed by atoms with Gasteiger partial charge in [0.1, 0.15) is 5.82 Å². The fraction of sp³-hybridized carbons (Fsp3) is 0.294. The summed E-state index contributed by atoms with van der Waals surface area (Å²) in [6, 6.07) is 9.07. The highest BCUT2D eigenvalue weighted by Crippen LogP contribution is 2.28. The maximum absolute atomic E-state index is 12.4. The predicted molar refractivity (Wildman–Crippen MR) is 101 cm³/mol. The first-order valence-electron chi connectivity index (χ1n) is 8.04. The number of nitrogens with zero attached hydrogens (tertiary/aromatic N) is 4. The second kappa shape index (κ2) is 7.92. The summed E-state index contributed by atoms with van der Waals surface area (Å²) in [4.78, 5) is 12.4. The van der Waals surface area contributed by atoms with Crippen molar-refractivity contribution in [1.82, 2.24) is 20.0 Å². The zero-order valence-electron chi connectivity index (χ0n) is 14.5. The van der Waals surface area contributed by atoms with Crippen LogP contribution < -0.4 is 5.32 Å². The van der Waals surface area contributed by atoms with Gasteiger partial charge in [0, 0.05) is 22.7 Å². The summed E-state index contributed by atoms with van der Waals surface area (Å²) in [5.41, 5.74) is 0.731. The van der Waals surface area contributed by atoms with Crippen LogP contribution >= 0.6 is 23.4 Å². The molecule has 9 heteroatoms. The summed E-state index contributed by atoms with van der Waals surface area (Å²) in [6.07, 6.45) is 1.66. The lowest BCUT2D eigenvalue weighted by Crippen LogP contribution is -2.24. The molecule has 1 N–H and O–H groups in total. The number of aromatic nitrogens is 4. The van der Waals surface area contributed by atoms with Crippen molar-refractivity contribution >= 4 is 35.1 Å². The zero-order chi connectivity index (χ0) is 18.7. The van der Waals surface area contributed by atoms with E-state index in [2.05, 4.69) is 20.6 Å². The van der Waals surface area contributed by atoms with Crippen LogP contribution in [0, 0.1) is 0 Å². The topological polar surface area (TPSA) is 85.8 Å². The van der Waals surface area contributed by atoms with Crippen molar-refractivity contribution in [3.05, 3.63) is 41.6 Å². The highest BCUT2D eigenvalue weighted by atomic mass is 35.5. The first kappa shape index (κ1) is 18.5. The largest absolute Gasteiger partial charge is 0.411 e. The molecule has 1 amide bonds. The fourth-order valence-electron chi connectivity index (χ4n) is 2.25. The van der Waals surface area contributed by atoms with Crippen molar-refractivity contribution in [3.8, 4) is 11.5 Å². The summed E-state index contributed by atoms with van der Waals surface area (Å²) in [5.74, 6) is 0.850. The maximum Gasteiger partial charge on any atom is 0.277 e.